The van der Waals surface area contributed by atoms with Crippen molar-refractivity contribution in [1.82, 2.24) is 19.9 Å². The van der Waals surface area contributed by atoms with Crippen LogP contribution in [-0.4, -0.2) is 25.9 Å². The zero-order valence-corrected chi connectivity index (χ0v) is 16.3. The van der Waals surface area contributed by atoms with Gasteiger partial charge in [0.2, 0.25) is 0 Å². The molecule has 4 aromatic rings. The van der Waals surface area contributed by atoms with Gasteiger partial charge in [0.05, 0.1) is 12.7 Å². The standard InChI is InChI=1S/C25H24N4/c1-4-10-20(11-5-1)17-29-23(16-25(29)22-14-8-3-9-15-22)18-28-19-24(26-27-28)21-12-6-2-7-13-21/h1-15,19,23,25H,16-18H2/t23-,25+/m0/s1. The fraction of sp³-hybridized carbons (Fsp3) is 0.200. The average Bonchev–Trinajstić information content (AvgIpc) is 3.25. The highest BCUT2D eigenvalue weighted by atomic mass is 15.4. The Labute approximate surface area is 171 Å². The largest absolute Gasteiger partial charge is 0.287 e. The van der Waals surface area contributed by atoms with Gasteiger partial charge in [-0.05, 0) is 17.5 Å². The molecule has 1 fully saturated rings. The molecule has 4 nitrogen and oxygen atoms in total. The van der Waals surface area contributed by atoms with Crippen molar-refractivity contribution in [2.24, 2.45) is 0 Å². The number of rotatable bonds is 6. The highest BCUT2D eigenvalue weighted by Gasteiger charge is 2.39. The first-order valence-electron chi connectivity index (χ1n) is 10.2. The SMILES string of the molecule is c1ccc(CN2[C@H](Cn3cc(-c4ccccc4)nn3)C[C@@H]2c2ccccc2)cc1. The number of hydrogen-bond acceptors (Lipinski definition) is 3. The molecule has 1 saturated heterocycles. The van der Waals surface area contributed by atoms with Crippen LogP contribution in [0.1, 0.15) is 23.6 Å². The summed E-state index contributed by atoms with van der Waals surface area (Å²) in [5, 5.41) is 8.77. The Hall–Kier alpha value is -3.24. The van der Waals surface area contributed by atoms with Crippen LogP contribution in [0, 0.1) is 0 Å². The second kappa shape index (κ2) is 8.02. The molecule has 1 aliphatic rings. The topological polar surface area (TPSA) is 34.0 Å². The van der Waals surface area contributed by atoms with Gasteiger partial charge in [-0.2, -0.15) is 0 Å². The molecule has 144 valence electrons. The molecule has 0 bridgehead atoms. The molecule has 0 amide bonds. The Bertz CT molecular complexity index is 1040. The van der Waals surface area contributed by atoms with E-state index in [0.29, 0.717) is 12.1 Å². The lowest BCUT2D eigenvalue weighted by molar-refractivity contribution is -0.00676. The minimum atomic E-state index is 0.450. The number of hydrogen-bond donors (Lipinski definition) is 0. The molecule has 0 radical (unpaired) electrons. The number of benzene rings is 3. The van der Waals surface area contributed by atoms with Crippen LogP contribution in [0.25, 0.3) is 11.3 Å². The zero-order valence-electron chi connectivity index (χ0n) is 16.3. The highest BCUT2D eigenvalue weighted by molar-refractivity contribution is 5.57. The molecule has 0 unspecified atom stereocenters. The van der Waals surface area contributed by atoms with E-state index in [0.717, 1.165) is 30.8 Å². The molecule has 0 spiro atoms. The predicted molar refractivity (Wildman–Crippen MR) is 115 cm³/mol. The quantitative estimate of drug-likeness (QED) is 0.474. The fourth-order valence-corrected chi connectivity index (χ4v) is 4.21. The van der Waals surface area contributed by atoms with Gasteiger partial charge in [-0.1, -0.05) is 96.2 Å². The molecule has 29 heavy (non-hydrogen) atoms. The lowest BCUT2D eigenvalue weighted by Gasteiger charge is -2.49. The Balaban J connectivity index is 1.34. The van der Waals surface area contributed by atoms with Crippen molar-refractivity contribution in [3.05, 3.63) is 108 Å². The van der Waals surface area contributed by atoms with Crippen LogP contribution in [-0.2, 0) is 13.1 Å². The predicted octanol–water partition coefficient (Wildman–Crippen LogP) is 4.96. The van der Waals surface area contributed by atoms with E-state index in [1.807, 2.05) is 22.9 Å². The van der Waals surface area contributed by atoms with Gasteiger partial charge in [-0.15, -0.1) is 5.10 Å². The van der Waals surface area contributed by atoms with Gasteiger partial charge in [-0.25, -0.2) is 0 Å². The molecule has 3 aromatic carbocycles. The van der Waals surface area contributed by atoms with Crippen LogP contribution in [0.2, 0.25) is 0 Å². The third-order valence-corrected chi connectivity index (χ3v) is 5.76. The normalized spacial score (nSPS) is 19.0. The Kier molecular flexibility index (Phi) is 4.93. The smallest absolute Gasteiger partial charge is 0.113 e. The molecule has 0 saturated carbocycles. The lowest BCUT2D eigenvalue weighted by Crippen LogP contribution is -2.51. The molecule has 1 aliphatic heterocycles. The Morgan fingerprint density at radius 3 is 2.17 bits per heavy atom. The molecule has 0 N–H and O–H groups in total. The zero-order chi connectivity index (χ0) is 19.5. The summed E-state index contributed by atoms with van der Waals surface area (Å²) in [4.78, 5) is 2.59. The first-order valence-corrected chi connectivity index (χ1v) is 10.2. The second-order valence-electron chi connectivity index (χ2n) is 7.67. The van der Waals surface area contributed by atoms with Crippen molar-refractivity contribution in [2.75, 3.05) is 0 Å². The fourth-order valence-electron chi connectivity index (χ4n) is 4.21. The van der Waals surface area contributed by atoms with E-state index in [4.69, 9.17) is 0 Å². The van der Waals surface area contributed by atoms with Crippen LogP contribution in [0.15, 0.2) is 97.2 Å². The van der Waals surface area contributed by atoms with Crippen molar-refractivity contribution >= 4 is 0 Å². The van der Waals surface area contributed by atoms with E-state index in [1.165, 1.54) is 11.1 Å². The molecule has 2 heterocycles. The maximum Gasteiger partial charge on any atom is 0.113 e. The van der Waals surface area contributed by atoms with Crippen LogP contribution in [0.5, 0.6) is 0 Å². The van der Waals surface area contributed by atoms with E-state index in [-0.39, 0.29) is 0 Å². The number of nitrogens with zero attached hydrogens (tertiary/aromatic N) is 4. The van der Waals surface area contributed by atoms with Crippen molar-refractivity contribution in [3.8, 4) is 11.3 Å². The summed E-state index contributed by atoms with van der Waals surface area (Å²) in [5.41, 5.74) is 4.78. The molecule has 4 heteroatoms. The summed E-state index contributed by atoms with van der Waals surface area (Å²) in [7, 11) is 0. The second-order valence-corrected chi connectivity index (χ2v) is 7.67. The molecule has 5 rings (SSSR count). The van der Waals surface area contributed by atoms with Gasteiger partial charge >= 0.3 is 0 Å². The summed E-state index contributed by atoms with van der Waals surface area (Å²) < 4.78 is 1.99. The van der Waals surface area contributed by atoms with E-state index < -0.39 is 0 Å². The molecule has 0 aliphatic carbocycles. The van der Waals surface area contributed by atoms with Gasteiger partial charge in [0.25, 0.3) is 0 Å². The van der Waals surface area contributed by atoms with Crippen LogP contribution >= 0.6 is 0 Å². The van der Waals surface area contributed by atoms with Gasteiger partial charge in [0, 0.05) is 24.2 Å². The molecule has 2 atom stereocenters. The third kappa shape index (κ3) is 3.84. The highest BCUT2D eigenvalue weighted by Crippen LogP contribution is 2.40. The maximum absolute atomic E-state index is 4.39. The van der Waals surface area contributed by atoms with Crippen molar-refractivity contribution in [2.45, 2.75) is 31.6 Å². The van der Waals surface area contributed by atoms with E-state index >= 15 is 0 Å². The monoisotopic (exact) mass is 380 g/mol. The van der Waals surface area contributed by atoms with E-state index in [2.05, 4.69) is 94.2 Å². The van der Waals surface area contributed by atoms with E-state index in [9.17, 15) is 0 Å². The molecule has 1 aromatic heterocycles. The maximum atomic E-state index is 4.39. The summed E-state index contributed by atoms with van der Waals surface area (Å²) in [5.74, 6) is 0. The van der Waals surface area contributed by atoms with E-state index in [1.54, 1.807) is 0 Å². The Morgan fingerprint density at radius 1 is 0.793 bits per heavy atom. The number of likely N-dealkylation sites (tertiary alicyclic amines) is 1. The van der Waals surface area contributed by atoms with Gasteiger partial charge in [-0.3, -0.25) is 9.58 Å². The van der Waals surface area contributed by atoms with Crippen molar-refractivity contribution in [1.29, 1.82) is 0 Å². The summed E-state index contributed by atoms with van der Waals surface area (Å²) in [6, 6.07) is 32.7. The summed E-state index contributed by atoms with van der Waals surface area (Å²) in [6.07, 6.45) is 3.20. The first kappa shape index (κ1) is 17.8. The van der Waals surface area contributed by atoms with Crippen molar-refractivity contribution in [3.63, 3.8) is 0 Å². The van der Waals surface area contributed by atoms with Crippen molar-refractivity contribution < 1.29 is 0 Å². The van der Waals surface area contributed by atoms with Crippen LogP contribution in [0.4, 0.5) is 0 Å². The van der Waals surface area contributed by atoms with Gasteiger partial charge in [0.15, 0.2) is 0 Å². The van der Waals surface area contributed by atoms with Gasteiger partial charge < -0.3 is 0 Å². The first-order chi connectivity index (χ1) is 14.4. The van der Waals surface area contributed by atoms with Crippen LogP contribution < -0.4 is 0 Å². The summed E-state index contributed by atoms with van der Waals surface area (Å²) >= 11 is 0. The van der Waals surface area contributed by atoms with Crippen LogP contribution in [0.3, 0.4) is 0 Å². The third-order valence-electron chi connectivity index (χ3n) is 5.76. The summed E-state index contributed by atoms with van der Waals surface area (Å²) in [6.45, 7) is 1.81. The minimum Gasteiger partial charge on any atom is -0.287 e. The minimum absolute atomic E-state index is 0.450. The molecular weight excluding hydrogens is 356 g/mol. The Morgan fingerprint density at radius 2 is 1.45 bits per heavy atom. The lowest BCUT2D eigenvalue weighted by atomic mass is 9.86. The average molecular weight is 380 g/mol. The molecular formula is C25H24N4. The van der Waals surface area contributed by atoms with Gasteiger partial charge in [0.1, 0.15) is 5.69 Å². The number of aromatic nitrogens is 3.